The van der Waals surface area contributed by atoms with Gasteiger partial charge in [-0.3, -0.25) is 24.0 Å². The van der Waals surface area contributed by atoms with Crippen molar-refractivity contribution < 1.29 is 52.4 Å². The van der Waals surface area contributed by atoms with Crippen molar-refractivity contribution >= 4 is 65.7 Å². The number of para-hydroxylation sites is 3. The van der Waals surface area contributed by atoms with Crippen LogP contribution in [0, 0.1) is 17.8 Å². The fourth-order valence-electron chi connectivity index (χ4n) is 8.24. The van der Waals surface area contributed by atoms with Crippen molar-refractivity contribution in [3.63, 3.8) is 0 Å². The Morgan fingerprint density at radius 2 is 0.871 bits per heavy atom. The maximum atomic E-state index is 12.7. The first kappa shape index (κ1) is 69.0. The number of hydrogen-bond acceptors (Lipinski definition) is 15. The highest BCUT2D eigenvalue weighted by molar-refractivity contribution is 5.95. The smallest absolute Gasteiger partial charge is 0.246 e. The molecule has 0 aliphatic carbocycles. The number of hydrogen-bond donors (Lipinski definition) is 4. The summed E-state index contributed by atoms with van der Waals surface area (Å²) >= 11 is 0. The summed E-state index contributed by atoms with van der Waals surface area (Å²) in [6.45, 7) is 20.5. The van der Waals surface area contributed by atoms with Gasteiger partial charge < -0.3 is 64.4 Å². The van der Waals surface area contributed by atoms with Crippen LogP contribution in [0.1, 0.15) is 80.5 Å². The number of carbonyl (C=O) groups is 5. The minimum Gasteiger partial charge on any atom is -0.493 e. The van der Waals surface area contributed by atoms with Gasteiger partial charge in [0.05, 0.1) is 54.2 Å². The number of halogens is 1. The highest BCUT2D eigenvalue weighted by atomic mass is 35.5. The van der Waals surface area contributed by atoms with Crippen LogP contribution in [0.2, 0.25) is 0 Å². The van der Waals surface area contributed by atoms with E-state index in [1.807, 2.05) is 66.7 Å². The number of benzene rings is 3. The topological polar surface area (TPSA) is 224 Å². The quantitative estimate of drug-likeness (QED) is 0.0448. The number of amides is 5. The Bertz CT molecular complexity index is 2950. The minimum atomic E-state index is -0.149. The summed E-state index contributed by atoms with van der Waals surface area (Å²) in [6.07, 6.45) is 11.0. The van der Waals surface area contributed by atoms with Crippen LogP contribution in [0.15, 0.2) is 104 Å². The SMILES string of the molecule is C=CC(=O)N(C)Cc1cccc(OC)c1OCC(C)C.COc1cccc(CN(C)C(=O)/C=C/c2cnc3c(c2)CNCC(=O)N3)c1OCC(C)C.COc1cccc(CN(C)C(=O)/C=C/c2cnc3c(c2)CNCC(=O)N3)c1OCC(C)C.Cl. The first-order valence-electron chi connectivity index (χ1n) is 27.8. The van der Waals surface area contributed by atoms with Crippen molar-refractivity contribution in [2.75, 3.05) is 86.0 Å². The summed E-state index contributed by atoms with van der Waals surface area (Å²) in [5.41, 5.74) is 5.99. The number of rotatable bonds is 23. The molecule has 21 heteroatoms. The number of nitrogens with zero attached hydrogens (tertiary/aromatic N) is 5. The van der Waals surface area contributed by atoms with E-state index in [4.69, 9.17) is 28.4 Å². The number of fused-ring (bicyclic) bond motifs is 2. The first-order chi connectivity index (χ1) is 40.2. The fraction of sp³-hybridized carbons (Fsp3) is 0.391. The third-order valence-electron chi connectivity index (χ3n) is 12.6. The number of aromatic nitrogens is 2. The molecule has 0 saturated carbocycles. The number of nitrogens with one attached hydrogen (secondary N) is 4. The molecule has 7 rings (SSSR count). The van der Waals surface area contributed by atoms with Crippen molar-refractivity contribution in [1.29, 1.82) is 0 Å². The van der Waals surface area contributed by atoms with E-state index in [0.29, 0.717) is 116 Å². The molecule has 0 fully saturated rings. The molecule has 0 radical (unpaired) electrons. The van der Waals surface area contributed by atoms with Gasteiger partial charge in [-0.15, -0.1) is 12.4 Å². The van der Waals surface area contributed by atoms with Gasteiger partial charge in [-0.1, -0.05) is 84.5 Å². The van der Waals surface area contributed by atoms with Gasteiger partial charge in [0.25, 0.3) is 0 Å². The molecular weight excluding hydrogens is 1110 g/mol. The van der Waals surface area contributed by atoms with Crippen molar-refractivity contribution in [1.82, 2.24) is 35.3 Å². The monoisotopic (exact) mass is 1190 g/mol. The molecule has 0 saturated heterocycles. The molecular formula is C64H84ClN9O11. The number of likely N-dealkylation sites (N-methyl/N-ethyl adjacent to an activating group) is 3. The second kappa shape index (κ2) is 35.0. The molecule has 4 N–H and O–H groups in total. The lowest BCUT2D eigenvalue weighted by Gasteiger charge is -2.20. The molecule has 85 heavy (non-hydrogen) atoms. The molecule has 0 unspecified atom stereocenters. The van der Waals surface area contributed by atoms with Crippen LogP contribution in [0.5, 0.6) is 34.5 Å². The van der Waals surface area contributed by atoms with Crippen LogP contribution in [0.3, 0.4) is 0 Å². The highest BCUT2D eigenvalue weighted by Gasteiger charge is 2.20. The van der Waals surface area contributed by atoms with Crippen LogP contribution in [-0.2, 0) is 56.7 Å². The number of anilines is 2. The lowest BCUT2D eigenvalue weighted by molar-refractivity contribution is -0.126. The van der Waals surface area contributed by atoms with Crippen molar-refractivity contribution in [2.24, 2.45) is 17.8 Å². The lowest BCUT2D eigenvalue weighted by atomic mass is 10.1. The largest absolute Gasteiger partial charge is 0.493 e. The van der Waals surface area contributed by atoms with E-state index in [1.165, 1.54) is 18.2 Å². The molecule has 458 valence electrons. The zero-order chi connectivity index (χ0) is 61.3. The summed E-state index contributed by atoms with van der Waals surface area (Å²) in [7, 11) is 10.0. The highest BCUT2D eigenvalue weighted by Crippen LogP contribution is 2.35. The molecule has 2 aromatic heterocycles. The zero-order valence-electron chi connectivity index (χ0n) is 51.0. The van der Waals surface area contributed by atoms with E-state index >= 15 is 0 Å². The Morgan fingerprint density at radius 3 is 1.18 bits per heavy atom. The summed E-state index contributed by atoms with van der Waals surface area (Å²) < 4.78 is 34.0. The van der Waals surface area contributed by atoms with Crippen LogP contribution in [0.25, 0.3) is 12.2 Å². The summed E-state index contributed by atoms with van der Waals surface area (Å²) in [4.78, 5) is 73.7. The molecule has 0 bridgehead atoms. The molecule has 0 spiro atoms. The van der Waals surface area contributed by atoms with Crippen LogP contribution >= 0.6 is 12.4 Å². The maximum Gasteiger partial charge on any atom is 0.246 e. The summed E-state index contributed by atoms with van der Waals surface area (Å²) in [5, 5.41) is 11.6. The van der Waals surface area contributed by atoms with Gasteiger partial charge in [-0.2, -0.15) is 0 Å². The molecule has 5 aromatic rings. The van der Waals surface area contributed by atoms with E-state index < -0.39 is 0 Å². The maximum absolute atomic E-state index is 12.7. The molecule has 3 aromatic carbocycles. The zero-order valence-corrected chi connectivity index (χ0v) is 51.9. The van der Waals surface area contributed by atoms with Crippen molar-refractivity contribution in [3.05, 3.63) is 143 Å². The first-order valence-corrected chi connectivity index (χ1v) is 27.8. The van der Waals surface area contributed by atoms with Gasteiger partial charge in [0.1, 0.15) is 11.6 Å². The van der Waals surface area contributed by atoms with E-state index in [2.05, 4.69) is 79.4 Å². The number of carbonyl (C=O) groups excluding carboxylic acids is 5. The van der Waals surface area contributed by atoms with Gasteiger partial charge in [0.15, 0.2) is 34.5 Å². The van der Waals surface area contributed by atoms with Gasteiger partial charge >= 0.3 is 0 Å². The second-order valence-electron chi connectivity index (χ2n) is 21.3. The Kier molecular flexibility index (Phi) is 28.4. The Morgan fingerprint density at radius 1 is 0.541 bits per heavy atom. The Hall–Kier alpha value is -8.46. The molecule has 20 nitrogen and oxygen atoms in total. The third-order valence-corrected chi connectivity index (χ3v) is 12.6. The van der Waals surface area contributed by atoms with Gasteiger partial charge in [0, 0.05) is 106 Å². The number of pyridine rings is 2. The predicted molar refractivity (Wildman–Crippen MR) is 334 cm³/mol. The fourth-order valence-corrected chi connectivity index (χ4v) is 8.24. The van der Waals surface area contributed by atoms with Gasteiger partial charge in [0.2, 0.25) is 29.5 Å². The lowest BCUT2D eigenvalue weighted by Crippen LogP contribution is -2.24. The second-order valence-corrected chi connectivity index (χ2v) is 21.3. The van der Waals surface area contributed by atoms with E-state index in [9.17, 15) is 24.0 Å². The standard InChI is InChI=1S/2C24H30N4O4.C16H23NO3.ClH/c2*1-16(2)15-32-23-18(6-5-7-20(23)31-4)14-28(3)22(30)9-8-17-10-19-12-25-13-21(29)27-24(19)26-11-17;1-6-15(18)17(4)10-13-8-7-9-14(19-5)16(13)20-11-12(2)3;/h2*5-11,16,25H,12-15H2,1-4H3,(H,26,27,29);6-9,12H,1,10-11H2,2-5H3;1H/b2*9-8+;;. The minimum absolute atomic E-state index is 0. The molecule has 4 heterocycles. The summed E-state index contributed by atoms with van der Waals surface area (Å²) in [5.74, 6) is 5.60. The number of ether oxygens (including phenoxy) is 6. The summed E-state index contributed by atoms with van der Waals surface area (Å²) in [6, 6.07) is 20.8. The van der Waals surface area contributed by atoms with Crippen LogP contribution in [0.4, 0.5) is 11.6 Å². The normalized spacial score (nSPS) is 12.6. The van der Waals surface area contributed by atoms with E-state index in [1.54, 1.807) is 81.7 Å². The Labute approximate surface area is 506 Å². The Balaban J connectivity index is 0.000000280. The molecule has 2 aliphatic heterocycles. The predicted octanol–water partition coefficient (Wildman–Crippen LogP) is 8.97. The van der Waals surface area contributed by atoms with E-state index in [0.717, 1.165) is 38.9 Å². The average molecular weight is 1190 g/mol. The van der Waals surface area contributed by atoms with E-state index in [-0.39, 0.29) is 55.0 Å². The van der Waals surface area contributed by atoms with Gasteiger partial charge in [-0.25, -0.2) is 9.97 Å². The van der Waals surface area contributed by atoms with Crippen LogP contribution in [-0.4, -0.2) is 130 Å². The third kappa shape index (κ3) is 21.9. The van der Waals surface area contributed by atoms with Gasteiger partial charge in [-0.05, 0) is 77.4 Å². The van der Waals surface area contributed by atoms with Crippen LogP contribution < -0.4 is 49.7 Å². The van der Waals surface area contributed by atoms with Crippen molar-refractivity contribution in [2.45, 2.75) is 74.3 Å². The molecule has 5 amide bonds. The average Bonchev–Trinajstić information content (AvgIpc) is 3.94. The molecule has 2 aliphatic rings. The molecule has 0 atom stereocenters. The van der Waals surface area contributed by atoms with Crippen molar-refractivity contribution in [3.8, 4) is 34.5 Å². The number of methoxy groups -OCH3 is 3.